The van der Waals surface area contributed by atoms with Crippen LogP contribution in [0.25, 0.3) is 11.2 Å². The molecule has 0 bridgehead atoms. The van der Waals surface area contributed by atoms with E-state index >= 15 is 0 Å². The van der Waals surface area contributed by atoms with E-state index in [0.717, 1.165) is 0 Å². The zero-order valence-electron chi connectivity index (χ0n) is 15.8. The van der Waals surface area contributed by atoms with Gasteiger partial charge in [-0.3, -0.25) is 13.9 Å². The molecule has 0 aliphatic heterocycles. The third kappa shape index (κ3) is 3.64. The number of carbonyl (C=O) groups excluding carboxylic acids is 1. The van der Waals surface area contributed by atoms with Crippen LogP contribution < -0.4 is 11.0 Å². The monoisotopic (exact) mass is 383 g/mol. The highest BCUT2D eigenvalue weighted by Crippen LogP contribution is 2.19. The van der Waals surface area contributed by atoms with Gasteiger partial charge in [0.2, 0.25) is 5.91 Å². The fraction of sp³-hybridized carbons (Fsp3) is 0.316. The van der Waals surface area contributed by atoms with Gasteiger partial charge in [0.25, 0.3) is 0 Å². The Morgan fingerprint density at radius 3 is 2.57 bits per heavy atom. The number of amides is 1. The van der Waals surface area contributed by atoms with E-state index in [1.165, 1.54) is 21.4 Å². The number of pyridine rings is 2. The molecule has 2 N–H and O–H groups in total. The molecule has 9 nitrogen and oxygen atoms in total. The van der Waals surface area contributed by atoms with E-state index in [1.54, 1.807) is 31.3 Å². The number of nitrogens with one attached hydrogen (secondary N) is 1. The Morgan fingerprint density at radius 1 is 1.21 bits per heavy atom. The fourth-order valence-corrected chi connectivity index (χ4v) is 2.96. The smallest absolute Gasteiger partial charge is 0.337 e. The van der Waals surface area contributed by atoms with E-state index in [0.29, 0.717) is 23.5 Å². The van der Waals surface area contributed by atoms with E-state index in [4.69, 9.17) is 0 Å². The van der Waals surface area contributed by atoms with Crippen LogP contribution in [0.15, 0.2) is 41.5 Å². The Morgan fingerprint density at radius 2 is 1.96 bits per heavy atom. The van der Waals surface area contributed by atoms with Crippen LogP contribution in [0, 0.1) is 5.92 Å². The van der Waals surface area contributed by atoms with Crippen molar-refractivity contribution in [1.29, 1.82) is 0 Å². The maximum absolute atomic E-state index is 13.0. The molecule has 146 valence electrons. The number of carboxylic acids is 1. The summed E-state index contributed by atoms with van der Waals surface area (Å²) in [5, 5.41) is 11.9. The molecule has 0 radical (unpaired) electrons. The Balaban J connectivity index is 2.11. The third-order valence-electron chi connectivity index (χ3n) is 4.28. The molecular formula is C19H21N5O4. The number of nitrogens with zero attached hydrogens (tertiary/aromatic N) is 4. The van der Waals surface area contributed by atoms with E-state index < -0.39 is 23.6 Å². The molecule has 0 aliphatic carbocycles. The maximum Gasteiger partial charge on any atom is 0.337 e. The number of anilines is 1. The van der Waals surface area contributed by atoms with E-state index in [9.17, 15) is 19.5 Å². The maximum atomic E-state index is 13.0. The first kappa shape index (κ1) is 19.3. The van der Waals surface area contributed by atoms with Crippen molar-refractivity contribution >= 4 is 28.9 Å². The lowest BCUT2D eigenvalue weighted by Crippen LogP contribution is -2.33. The molecule has 3 aromatic rings. The lowest BCUT2D eigenvalue weighted by atomic mass is 10.2. The van der Waals surface area contributed by atoms with Gasteiger partial charge in [-0.1, -0.05) is 19.9 Å². The van der Waals surface area contributed by atoms with Crippen molar-refractivity contribution < 1.29 is 14.7 Å². The summed E-state index contributed by atoms with van der Waals surface area (Å²) in [5.41, 5.74) is 0.179. The minimum atomic E-state index is -1.16. The van der Waals surface area contributed by atoms with Crippen molar-refractivity contribution in [2.75, 3.05) is 5.32 Å². The number of aromatic nitrogens is 4. The number of imidazole rings is 1. The van der Waals surface area contributed by atoms with Crippen LogP contribution >= 0.6 is 0 Å². The van der Waals surface area contributed by atoms with Gasteiger partial charge in [0, 0.05) is 18.9 Å². The van der Waals surface area contributed by atoms with Crippen molar-refractivity contribution in [1.82, 2.24) is 19.1 Å². The summed E-state index contributed by atoms with van der Waals surface area (Å²) in [6, 6.07) is 5.57. The summed E-state index contributed by atoms with van der Waals surface area (Å²) >= 11 is 0. The van der Waals surface area contributed by atoms with Gasteiger partial charge in [-0.15, -0.1) is 0 Å². The van der Waals surface area contributed by atoms with Gasteiger partial charge in [0.1, 0.15) is 11.9 Å². The molecule has 0 spiro atoms. The molecule has 9 heteroatoms. The number of rotatable bonds is 6. The van der Waals surface area contributed by atoms with Crippen LogP contribution in [-0.4, -0.2) is 36.1 Å². The molecule has 3 rings (SSSR count). The van der Waals surface area contributed by atoms with Crippen LogP contribution in [0.1, 0.15) is 37.2 Å². The average Bonchev–Trinajstić information content (AvgIpc) is 2.92. The molecule has 28 heavy (non-hydrogen) atoms. The minimum Gasteiger partial charge on any atom is -0.478 e. The highest BCUT2D eigenvalue weighted by atomic mass is 16.4. The molecule has 3 heterocycles. The molecule has 0 saturated carbocycles. The van der Waals surface area contributed by atoms with Crippen LogP contribution in [0.5, 0.6) is 0 Å². The number of hydrogen-bond acceptors (Lipinski definition) is 5. The van der Waals surface area contributed by atoms with E-state index in [-0.39, 0.29) is 11.5 Å². The lowest BCUT2D eigenvalue weighted by molar-refractivity contribution is -0.118. The minimum absolute atomic E-state index is 0.0553. The third-order valence-corrected chi connectivity index (χ3v) is 4.28. The van der Waals surface area contributed by atoms with Gasteiger partial charge in [0.15, 0.2) is 5.65 Å². The zero-order chi connectivity index (χ0) is 20.4. The summed E-state index contributed by atoms with van der Waals surface area (Å²) < 4.78 is 2.74. The van der Waals surface area contributed by atoms with Gasteiger partial charge >= 0.3 is 11.7 Å². The second-order valence-corrected chi connectivity index (χ2v) is 6.91. The normalized spacial score (nSPS) is 12.3. The van der Waals surface area contributed by atoms with Gasteiger partial charge in [-0.25, -0.2) is 19.6 Å². The lowest BCUT2D eigenvalue weighted by Gasteiger charge is -2.13. The summed E-state index contributed by atoms with van der Waals surface area (Å²) in [7, 11) is 0. The second kappa shape index (κ2) is 7.63. The average molecular weight is 383 g/mol. The van der Waals surface area contributed by atoms with Gasteiger partial charge in [-0.05, 0) is 31.0 Å². The van der Waals surface area contributed by atoms with Crippen molar-refractivity contribution in [3.05, 3.63) is 52.7 Å². The van der Waals surface area contributed by atoms with Crippen molar-refractivity contribution in [2.45, 2.75) is 33.4 Å². The quantitative estimate of drug-likeness (QED) is 0.673. The molecule has 1 unspecified atom stereocenters. The van der Waals surface area contributed by atoms with Gasteiger partial charge in [-0.2, -0.15) is 0 Å². The SMILES string of the molecule is CC(C)Cn1c(=O)n(C(C)C(=O)Nc2ccccn2)c2cc(C(=O)O)cnc21. The van der Waals surface area contributed by atoms with Crippen molar-refractivity contribution in [2.24, 2.45) is 5.92 Å². The molecule has 1 amide bonds. The van der Waals surface area contributed by atoms with E-state index in [2.05, 4.69) is 15.3 Å². The number of fused-ring (bicyclic) bond motifs is 1. The van der Waals surface area contributed by atoms with Crippen molar-refractivity contribution in [3.63, 3.8) is 0 Å². The number of hydrogen-bond donors (Lipinski definition) is 2. The Hall–Kier alpha value is -3.49. The molecule has 1 atom stereocenters. The Labute approximate surface area is 160 Å². The first-order valence-electron chi connectivity index (χ1n) is 8.85. The highest BCUT2D eigenvalue weighted by Gasteiger charge is 2.25. The zero-order valence-corrected chi connectivity index (χ0v) is 15.8. The van der Waals surface area contributed by atoms with Crippen LogP contribution in [-0.2, 0) is 11.3 Å². The molecule has 0 fully saturated rings. The Kier molecular flexibility index (Phi) is 5.25. The summed E-state index contributed by atoms with van der Waals surface area (Å²) in [6.07, 6.45) is 2.76. The first-order chi connectivity index (χ1) is 13.3. The van der Waals surface area contributed by atoms with Crippen LogP contribution in [0.3, 0.4) is 0 Å². The van der Waals surface area contributed by atoms with E-state index in [1.807, 2.05) is 13.8 Å². The van der Waals surface area contributed by atoms with Gasteiger partial charge < -0.3 is 10.4 Å². The predicted molar refractivity (Wildman–Crippen MR) is 103 cm³/mol. The van der Waals surface area contributed by atoms with Crippen LogP contribution in [0.4, 0.5) is 5.82 Å². The Bertz CT molecular complexity index is 1080. The molecule has 0 aromatic carbocycles. The standard InChI is InChI=1S/C19H21N5O4/c1-11(2)10-23-16-14(8-13(9-21-16)18(26)27)24(19(23)28)12(3)17(25)22-15-6-4-5-7-20-15/h4-9,11-12H,10H2,1-3H3,(H,26,27)(H,20,22,25). The predicted octanol–water partition coefficient (Wildman–Crippen LogP) is 2.15. The number of aromatic carboxylic acids is 1. The number of carbonyl (C=O) groups is 2. The summed E-state index contributed by atoms with van der Waals surface area (Å²) in [6.45, 7) is 5.89. The largest absolute Gasteiger partial charge is 0.478 e. The van der Waals surface area contributed by atoms with Crippen LogP contribution in [0.2, 0.25) is 0 Å². The molecular weight excluding hydrogens is 362 g/mol. The molecule has 3 aromatic heterocycles. The molecule has 0 saturated heterocycles. The molecule has 0 aliphatic rings. The topological polar surface area (TPSA) is 119 Å². The summed E-state index contributed by atoms with van der Waals surface area (Å²) in [5.74, 6) is -1.07. The summed E-state index contributed by atoms with van der Waals surface area (Å²) in [4.78, 5) is 45.3. The number of carboxylic acid groups (broad SMARTS) is 1. The fourth-order valence-electron chi connectivity index (χ4n) is 2.96. The van der Waals surface area contributed by atoms with Gasteiger partial charge in [0.05, 0.1) is 11.1 Å². The first-order valence-corrected chi connectivity index (χ1v) is 8.85. The van der Waals surface area contributed by atoms with Crippen molar-refractivity contribution in [3.8, 4) is 0 Å². The second-order valence-electron chi connectivity index (χ2n) is 6.91. The highest BCUT2D eigenvalue weighted by molar-refractivity contribution is 5.94.